The third kappa shape index (κ3) is 5.78. The first-order chi connectivity index (χ1) is 13.9. The van der Waals surface area contributed by atoms with Crippen molar-refractivity contribution in [3.05, 3.63) is 75.1 Å². The molecule has 0 aliphatic rings. The van der Waals surface area contributed by atoms with Crippen LogP contribution < -0.4 is 5.32 Å². The zero-order valence-corrected chi connectivity index (χ0v) is 16.9. The van der Waals surface area contributed by atoms with Crippen LogP contribution in [0.2, 0.25) is 5.02 Å². The SMILES string of the molecule is CC(Cc1nnc(SCC(=O)Nc2ccc([N+](=O)[O-])cc2Cl)o1)c1ccccc1. The number of nitro groups is 1. The van der Waals surface area contributed by atoms with Crippen molar-refractivity contribution >= 4 is 40.6 Å². The Labute approximate surface area is 175 Å². The fourth-order valence-corrected chi connectivity index (χ4v) is 3.38. The fourth-order valence-electron chi connectivity index (χ4n) is 2.57. The van der Waals surface area contributed by atoms with E-state index in [1.807, 2.05) is 30.3 Å². The highest BCUT2D eigenvalue weighted by Gasteiger charge is 2.15. The summed E-state index contributed by atoms with van der Waals surface area (Å²) in [7, 11) is 0. The molecule has 10 heteroatoms. The molecule has 1 amide bonds. The normalized spacial score (nSPS) is 11.8. The van der Waals surface area contributed by atoms with E-state index < -0.39 is 4.92 Å². The Morgan fingerprint density at radius 1 is 1.28 bits per heavy atom. The molecule has 8 nitrogen and oxygen atoms in total. The van der Waals surface area contributed by atoms with Gasteiger partial charge in [0.15, 0.2) is 0 Å². The number of hydrogen-bond acceptors (Lipinski definition) is 7. The Balaban J connectivity index is 1.51. The summed E-state index contributed by atoms with van der Waals surface area (Å²) in [6.45, 7) is 2.08. The summed E-state index contributed by atoms with van der Waals surface area (Å²) >= 11 is 7.07. The molecule has 0 spiro atoms. The Hall–Kier alpha value is -2.91. The van der Waals surface area contributed by atoms with Crippen LogP contribution >= 0.6 is 23.4 Å². The summed E-state index contributed by atoms with van der Waals surface area (Å²) in [5.41, 5.74) is 1.33. The van der Waals surface area contributed by atoms with Crippen LogP contribution in [0.1, 0.15) is 24.3 Å². The maximum atomic E-state index is 12.1. The van der Waals surface area contributed by atoms with E-state index in [0.29, 0.717) is 23.2 Å². The van der Waals surface area contributed by atoms with Gasteiger partial charge in [0.1, 0.15) is 0 Å². The van der Waals surface area contributed by atoms with Crippen molar-refractivity contribution < 1.29 is 14.1 Å². The number of non-ortho nitro benzene ring substituents is 1. The largest absolute Gasteiger partial charge is 0.416 e. The molecule has 0 bridgehead atoms. The van der Waals surface area contributed by atoms with Crippen LogP contribution in [0, 0.1) is 10.1 Å². The summed E-state index contributed by atoms with van der Waals surface area (Å²) in [6, 6.07) is 13.9. The topological polar surface area (TPSA) is 111 Å². The molecule has 0 saturated heterocycles. The second-order valence-electron chi connectivity index (χ2n) is 6.24. The zero-order chi connectivity index (χ0) is 20.8. The Morgan fingerprint density at radius 2 is 2.03 bits per heavy atom. The molecular weight excluding hydrogens is 416 g/mol. The summed E-state index contributed by atoms with van der Waals surface area (Å²) in [5.74, 6) is 0.413. The Bertz CT molecular complexity index is 1010. The van der Waals surface area contributed by atoms with Crippen LogP contribution in [0.3, 0.4) is 0 Å². The quantitative estimate of drug-likeness (QED) is 0.311. The van der Waals surface area contributed by atoms with Crippen LogP contribution in [0.5, 0.6) is 0 Å². The van der Waals surface area contributed by atoms with Crippen molar-refractivity contribution in [2.45, 2.75) is 24.5 Å². The van der Waals surface area contributed by atoms with Gasteiger partial charge >= 0.3 is 0 Å². The van der Waals surface area contributed by atoms with Gasteiger partial charge in [-0.1, -0.05) is 60.6 Å². The number of anilines is 1. The molecule has 2 aromatic carbocycles. The number of thioether (sulfide) groups is 1. The minimum absolute atomic E-state index is 0.0309. The second kappa shape index (κ2) is 9.53. The van der Waals surface area contributed by atoms with Crippen LogP contribution in [0.4, 0.5) is 11.4 Å². The van der Waals surface area contributed by atoms with Gasteiger partial charge in [0.05, 0.1) is 21.4 Å². The third-order valence-electron chi connectivity index (χ3n) is 4.06. The molecule has 1 heterocycles. The molecule has 29 heavy (non-hydrogen) atoms. The molecule has 0 radical (unpaired) electrons. The maximum Gasteiger partial charge on any atom is 0.277 e. The number of nitro benzene ring substituents is 1. The average molecular weight is 433 g/mol. The van der Waals surface area contributed by atoms with Gasteiger partial charge in [-0.3, -0.25) is 14.9 Å². The number of benzene rings is 2. The van der Waals surface area contributed by atoms with Gasteiger partial charge in [-0.25, -0.2) is 0 Å². The first-order valence-electron chi connectivity index (χ1n) is 8.66. The summed E-state index contributed by atoms with van der Waals surface area (Å²) in [6.07, 6.45) is 0.599. The lowest BCUT2D eigenvalue weighted by molar-refractivity contribution is -0.384. The molecule has 1 N–H and O–H groups in total. The highest BCUT2D eigenvalue weighted by atomic mass is 35.5. The second-order valence-corrected chi connectivity index (χ2v) is 7.57. The number of hydrogen-bond donors (Lipinski definition) is 1. The van der Waals surface area contributed by atoms with E-state index in [2.05, 4.69) is 22.4 Å². The van der Waals surface area contributed by atoms with Gasteiger partial charge in [0.25, 0.3) is 10.9 Å². The van der Waals surface area contributed by atoms with E-state index in [4.69, 9.17) is 16.0 Å². The molecule has 150 valence electrons. The number of carbonyl (C=O) groups excluding carboxylic acids is 1. The number of carbonyl (C=O) groups is 1. The van der Waals surface area contributed by atoms with Crippen LogP contribution in [-0.4, -0.2) is 26.8 Å². The van der Waals surface area contributed by atoms with Gasteiger partial charge in [0, 0.05) is 18.6 Å². The number of halogens is 1. The molecule has 0 aliphatic carbocycles. The Morgan fingerprint density at radius 3 is 2.72 bits per heavy atom. The van der Waals surface area contributed by atoms with Gasteiger partial charge in [-0.15, -0.1) is 10.2 Å². The van der Waals surface area contributed by atoms with Gasteiger partial charge in [-0.2, -0.15) is 0 Å². The van der Waals surface area contributed by atoms with Crippen molar-refractivity contribution in [3.63, 3.8) is 0 Å². The van der Waals surface area contributed by atoms with E-state index in [1.165, 1.54) is 23.8 Å². The molecule has 1 aromatic heterocycles. The van der Waals surface area contributed by atoms with Gasteiger partial charge in [-0.05, 0) is 17.5 Å². The highest BCUT2D eigenvalue weighted by Crippen LogP contribution is 2.27. The maximum absolute atomic E-state index is 12.1. The minimum atomic E-state index is -0.556. The van der Waals surface area contributed by atoms with E-state index in [-0.39, 0.29) is 28.3 Å². The molecular formula is C19H17ClN4O4S. The van der Waals surface area contributed by atoms with E-state index in [0.717, 1.165) is 11.8 Å². The van der Waals surface area contributed by atoms with E-state index in [9.17, 15) is 14.9 Å². The standard InChI is InChI=1S/C19H17ClN4O4S/c1-12(13-5-3-2-4-6-13)9-18-22-23-19(28-18)29-11-17(25)21-16-8-7-14(24(26)27)10-15(16)20/h2-8,10,12H,9,11H2,1H3,(H,21,25). The highest BCUT2D eigenvalue weighted by molar-refractivity contribution is 7.99. The average Bonchev–Trinajstić information content (AvgIpc) is 3.15. The predicted molar refractivity (Wildman–Crippen MR) is 110 cm³/mol. The van der Waals surface area contributed by atoms with Crippen molar-refractivity contribution in [2.75, 3.05) is 11.1 Å². The van der Waals surface area contributed by atoms with Gasteiger partial charge in [0.2, 0.25) is 11.8 Å². The minimum Gasteiger partial charge on any atom is -0.416 e. The monoisotopic (exact) mass is 432 g/mol. The number of amides is 1. The molecule has 1 atom stereocenters. The molecule has 1 unspecified atom stereocenters. The number of aromatic nitrogens is 2. The lowest BCUT2D eigenvalue weighted by atomic mass is 9.98. The predicted octanol–water partition coefficient (Wildman–Crippen LogP) is 4.71. The fraction of sp³-hybridized carbons (Fsp3) is 0.211. The van der Waals surface area contributed by atoms with Gasteiger partial charge < -0.3 is 9.73 Å². The zero-order valence-electron chi connectivity index (χ0n) is 15.4. The molecule has 3 aromatic rings. The number of nitrogens with one attached hydrogen (secondary N) is 1. The van der Waals surface area contributed by atoms with Crippen molar-refractivity contribution in [2.24, 2.45) is 0 Å². The summed E-state index contributed by atoms with van der Waals surface area (Å²) in [5, 5.41) is 21.7. The summed E-state index contributed by atoms with van der Waals surface area (Å²) in [4.78, 5) is 22.3. The smallest absolute Gasteiger partial charge is 0.277 e. The van der Waals surface area contributed by atoms with Crippen molar-refractivity contribution in [3.8, 4) is 0 Å². The molecule has 3 rings (SSSR count). The molecule has 0 aliphatic heterocycles. The summed E-state index contributed by atoms with van der Waals surface area (Å²) < 4.78 is 5.60. The lowest BCUT2D eigenvalue weighted by Gasteiger charge is -2.08. The Kier molecular flexibility index (Phi) is 6.84. The molecule has 0 saturated carbocycles. The lowest BCUT2D eigenvalue weighted by Crippen LogP contribution is -2.14. The van der Waals surface area contributed by atoms with Crippen molar-refractivity contribution in [1.82, 2.24) is 10.2 Å². The number of nitrogens with zero attached hydrogens (tertiary/aromatic N) is 3. The van der Waals surface area contributed by atoms with Crippen LogP contribution in [0.25, 0.3) is 0 Å². The molecule has 0 fully saturated rings. The van der Waals surface area contributed by atoms with Crippen LogP contribution in [0.15, 0.2) is 58.2 Å². The van der Waals surface area contributed by atoms with Crippen molar-refractivity contribution in [1.29, 1.82) is 0 Å². The van der Waals surface area contributed by atoms with Crippen LogP contribution in [-0.2, 0) is 11.2 Å². The van der Waals surface area contributed by atoms with E-state index in [1.54, 1.807) is 0 Å². The number of rotatable bonds is 8. The first kappa shape index (κ1) is 20.8. The van der Waals surface area contributed by atoms with E-state index >= 15 is 0 Å². The third-order valence-corrected chi connectivity index (χ3v) is 5.19. The first-order valence-corrected chi connectivity index (χ1v) is 10.0.